The van der Waals surface area contributed by atoms with Crippen LogP contribution in [0, 0.1) is 0 Å². The van der Waals surface area contributed by atoms with Gasteiger partial charge in [-0.3, -0.25) is 4.68 Å². The van der Waals surface area contributed by atoms with Crippen LogP contribution in [0.5, 0.6) is 11.5 Å². The minimum Gasteiger partial charge on any atom is -0.490 e. The van der Waals surface area contributed by atoms with E-state index in [0.29, 0.717) is 19.1 Å². The summed E-state index contributed by atoms with van der Waals surface area (Å²) in [6.45, 7) is 1.33. The molecule has 0 amide bonds. The lowest BCUT2D eigenvalue weighted by Gasteiger charge is -2.08. The van der Waals surface area contributed by atoms with E-state index in [1.807, 2.05) is 67.9 Å². The molecule has 28 heavy (non-hydrogen) atoms. The average molecular weight is 373 g/mol. The van der Waals surface area contributed by atoms with Crippen LogP contribution in [0.1, 0.15) is 17.9 Å². The predicted octanol–water partition coefficient (Wildman–Crippen LogP) is 4.56. The van der Waals surface area contributed by atoms with Crippen molar-refractivity contribution in [2.24, 2.45) is 7.05 Å². The van der Waals surface area contributed by atoms with Gasteiger partial charge in [0.2, 0.25) is 5.89 Å². The Balaban J connectivity index is 1.49. The molecule has 1 aliphatic rings. The number of hydrogen-bond acceptors (Lipinski definition) is 5. The summed E-state index contributed by atoms with van der Waals surface area (Å²) in [5.41, 5.74) is 4.43. The standard InChI is InChI=1S/C22H19N3O3/c1-25-14-16(8-10-21-23-17-5-2-3-6-18(17)28-21)22(24-25)15-7-9-19-20(13-15)27-12-4-11-26-19/h2-3,5-10,13-14H,4,11-12H2,1H3/b10-8+. The molecule has 6 heteroatoms. The van der Waals surface area contributed by atoms with E-state index in [-0.39, 0.29) is 0 Å². The van der Waals surface area contributed by atoms with Crippen molar-refractivity contribution in [2.45, 2.75) is 6.42 Å². The second-order valence-corrected chi connectivity index (χ2v) is 6.67. The Bertz CT molecular complexity index is 1140. The SMILES string of the molecule is Cn1cc(/C=C/c2nc3ccccc3o2)c(-c2ccc3c(c2)OCCCO3)n1. The lowest BCUT2D eigenvalue weighted by molar-refractivity contribution is 0.297. The van der Waals surface area contributed by atoms with Gasteiger partial charge in [-0.05, 0) is 36.4 Å². The molecule has 0 radical (unpaired) electrons. The highest BCUT2D eigenvalue weighted by Gasteiger charge is 2.15. The summed E-state index contributed by atoms with van der Waals surface area (Å²) in [6.07, 6.45) is 6.68. The van der Waals surface area contributed by atoms with E-state index >= 15 is 0 Å². The highest BCUT2D eigenvalue weighted by molar-refractivity contribution is 5.80. The van der Waals surface area contributed by atoms with Crippen molar-refractivity contribution >= 4 is 23.3 Å². The van der Waals surface area contributed by atoms with E-state index in [2.05, 4.69) is 10.1 Å². The highest BCUT2D eigenvalue weighted by atomic mass is 16.5. The molecule has 1 aliphatic heterocycles. The summed E-state index contributed by atoms with van der Waals surface area (Å²) in [6, 6.07) is 13.7. The molecule has 2 aromatic heterocycles. The molecular formula is C22H19N3O3. The van der Waals surface area contributed by atoms with Crippen LogP contribution in [-0.4, -0.2) is 28.0 Å². The van der Waals surface area contributed by atoms with Crippen LogP contribution in [0.2, 0.25) is 0 Å². The van der Waals surface area contributed by atoms with Gasteiger partial charge >= 0.3 is 0 Å². The van der Waals surface area contributed by atoms with Gasteiger partial charge in [-0.2, -0.15) is 5.10 Å². The third-order valence-electron chi connectivity index (χ3n) is 4.59. The number of aromatic nitrogens is 3. The Morgan fingerprint density at radius 2 is 1.86 bits per heavy atom. The first-order valence-corrected chi connectivity index (χ1v) is 9.23. The molecule has 0 saturated carbocycles. The first kappa shape index (κ1) is 16.6. The molecule has 0 unspecified atom stereocenters. The summed E-state index contributed by atoms with van der Waals surface area (Å²) in [4.78, 5) is 4.49. The fourth-order valence-electron chi connectivity index (χ4n) is 3.29. The van der Waals surface area contributed by atoms with E-state index in [1.165, 1.54) is 0 Å². The second kappa shape index (κ2) is 6.88. The Kier molecular flexibility index (Phi) is 4.09. The van der Waals surface area contributed by atoms with Crippen molar-refractivity contribution in [3.8, 4) is 22.8 Å². The topological polar surface area (TPSA) is 62.3 Å². The normalized spacial score (nSPS) is 13.9. The quantitative estimate of drug-likeness (QED) is 0.527. The lowest BCUT2D eigenvalue weighted by atomic mass is 10.1. The van der Waals surface area contributed by atoms with Crippen LogP contribution in [0.3, 0.4) is 0 Å². The van der Waals surface area contributed by atoms with Crippen molar-refractivity contribution in [2.75, 3.05) is 13.2 Å². The monoisotopic (exact) mass is 373 g/mol. The Morgan fingerprint density at radius 3 is 2.75 bits per heavy atom. The molecular weight excluding hydrogens is 354 g/mol. The zero-order valence-electron chi connectivity index (χ0n) is 15.5. The second-order valence-electron chi connectivity index (χ2n) is 6.67. The molecule has 0 spiro atoms. The number of fused-ring (bicyclic) bond motifs is 2. The number of oxazole rings is 1. The smallest absolute Gasteiger partial charge is 0.220 e. The summed E-state index contributed by atoms with van der Waals surface area (Å²) in [5, 5.41) is 4.63. The number of para-hydroxylation sites is 2. The average Bonchev–Trinajstić information content (AvgIpc) is 3.21. The Hall–Kier alpha value is -3.54. The van der Waals surface area contributed by atoms with Crippen LogP contribution < -0.4 is 9.47 Å². The maximum absolute atomic E-state index is 5.82. The zero-order valence-corrected chi connectivity index (χ0v) is 15.5. The molecule has 3 heterocycles. The summed E-state index contributed by atoms with van der Waals surface area (Å²) in [5.74, 6) is 2.10. The fourth-order valence-corrected chi connectivity index (χ4v) is 3.29. The first-order valence-electron chi connectivity index (χ1n) is 9.23. The Labute approximate surface area is 162 Å². The van der Waals surface area contributed by atoms with E-state index in [4.69, 9.17) is 13.9 Å². The van der Waals surface area contributed by atoms with Gasteiger partial charge in [-0.1, -0.05) is 12.1 Å². The van der Waals surface area contributed by atoms with Gasteiger partial charge in [0.25, 0.3) is 0 Å². The van der Waals surface area contributed by atoms with E-state index in [9.17, 15) is 0 Å². The van der Waals surface area contributed by atoms with Crippen LogP contribution in [0.15, 0.2) is 53.1 Å². The first-order chi connectivity index (χ1) is 13.8. The molecule has 5 rings (SSSR count). The fraction of sp³-hybridized carbons (Fsp3) is 0.182. The molecule has 0 fully saturated rings. The highest BCUT2D eigenvalue weighted by Crippen LogP contribution is 2.35. The van der Waals surface area contributed by atoms with Crippen LogP contribution in [-0.2, 0) is 7.05 Å². The molecule has 0 N–H and O–H groups in total. The maximum Gasteiger partial charge on any atom is 0.220 e. The van der Waals surface area contributed by atoms with Crippen molar-refractivity contribution in [1.29, 1.82) is 0 Å². The van der Waals surface area contributed by atoms with Gasteiger partial charge < -0.3 is 13.9 Å². The minimum atomic E-state index is 0.565. The molecule has 140 valence electrons. The Morgan fingerprint density at radius 1 is 1.00 bits per heavy atom. The van der Waals surface area contributed by atoms with E-state index in [0.717, 1.165) is 45.8 Å². The number of benzene rings is 2. The van der Waals surface area contributed by atoms with Crippen molar-refractivity contribution in [3.63, 3.8) is 0 Å². The number of hydrogen-bond donors (Lipinski definition) is 0. The van der Waals surface area contributed by atoms with E-state index in [1.54, 1.807) is 4.68 Å². The maximum atomic E-state index is 5.82. The van der Waals surface area contributed by atoms with Gasteiger partial charge in [0.1, 0.15) is 5.52 Å². The van der Waals surface area contributed by atoms with Gasteiger partial charge in [0.05, 0.1) is 18.9 Å². The van der Waals surface area contributed by atoms with Crippen molar-refractivity contribution < 1.29 is 13.9 Å². The van der Waals surface area contributed by atoms with E-state index < -0.39 is 0 Å². The number of rotatable bonds is 3. The molecule has 0 aliphatic carbocycles. The zero-order chi connectivity index (χ0) is 18.9. The lowest BCUT2D eigenvalue weighted by Crippen LogP contribution is -1.97. The van der Waals surface area contributed by atoms with Crippen LogP contribution in [0.25, 0.3) is 34.5 Å². The molecule has 0 bridgehead atoms. The number of aryl methyl sites for hydroxylation is 1. The van der Waals surface area contributed by atoms with Crippen molar-refractivity contribution in [1.82, 2.24) is 14.8 Å². The molecule has 2 aromatic carbocycles. The van der Waals surface area contributed by atoms with Gasteiger partial charge in [-0.25, -0.2) is 4.98 Å². The molecule has 6 nitrogen and oxygen atoms in total. The number of nitrogens with zero attached hydrogens (tertiary/aromatic N) is 3. The van der Waals surface area contributed by atoms with Crippen LogP contribution >= 0.6 is 0 Å². The summed E-state index contributed by atoms with van der Waals surface area (Å²) < 4.78 is 19.1. The predicted molar refractivity (Wildman–Crippen MR) is 107 cm³/mol. The van der Waals surface area contributed by atoms with Gasteiger partial charge in [0.15, 0.2) is 17.1 Å². The third kappa shape index (κ3) is 3.13. The van der Waals surface area contributed by atoms with Gasteiger partial charge in [0, 0.05) is 36.9 Å². The van der Waals surface area contributed by atoms with Crippen molar-refractivity contribution in [3.05, 3.63) is 60.1 Å². The van der Waals surface area contributed by atoms with Gasteiger partial charge in [-0.15, -0.1) is 0 Å². The molecule has 0 saturated heterocycles. The van der Waals surface area contributed by atoms with Crippen LogP contribution in [0.4, 0.5) is 0 Å². The largest absolute Gasteiger partial charge is 0.490 e. The summed E-state index contributed by atoms with van der Waals surface area (Å²) >= 11 is 0. The number of ether oxygens (including phenoxy) is 2. The summed E-state index contributed by atoms with van der Waals surface area (Å²) in [7, 11) is 1.91. The minimum absolute atomic E-state index is 0.565. The third-order valence-corrected chi connectivity index (χ3v) is 4.59. The molecule has 4 aromatic rings. The molecule has 0 atom stereocenters.